The number of nitrogens with zero attached hydrogens (tertiary/aromatic N) is 1. The third kappa shape index (κ3) is 2.79. The van der Waals surface area contributed by atoms with Crippen LogP contribution in [-0.2, 0) is 10.3 Å². The standard InChI is InChI=1S/C12H17FN2O2/c1-4-12(11(16)17,15-8(2)3)10-6-5-9(13)7-14-10/h5-8,15H,4H2,1-3H3,(H,16,17). The minimum atomic E-state index is -1.26. The van der Waals surface area contributed by atoms with E-state index in [2.05, 4.69) is 10.3 Å². The fraction of sp³-hybridized carbons (Fsp3) is 0.500. The lowest BCUT2D eigenvalue weighted by molar-refractivity contribution is -0.146. The van der Waals surface area contributed by atoms with Crippen LogP contribution >= 0.6 is 0 Å². The third-order valence-electron chi connectivity index (χ3n) is 2.60. The number of halogens is 1. The molecule has 2 N–H and O–H groups in total. The Morgan fingerprint density at radius 2 is 2.24 bits per heavy atom. The van der Waals surface area contributed by atoms with Crippen LogP contribution in [0, 0.1) is 5.82 Å². The topological polar surface area (TPSA) is 62.2 Å². The molecule has 0 amide bonds. The van der Waals surface area contributed by atoms with Gasteiger partial charge in [-0.2, -0.15) is 0 Å². The van der Waals surface area contributed by atoms with E-state index < -0.39 is 17.3 Å². The van der Waals surface area contributed by atoms with Crippen LogP contribution in [0.15, 0.2) is 18.3 Å². The van der Waals surface area contributed by atoms with Crippen LogP contribution in [0.3, 0.4) is 0 Å². The van der Waals surface area contributed by atoms with Crippen molar-refractivity contribution < 1.29 is 14.3 Å². The van der Waals surface area contributed by atoms with Crippen LogP contribution < -0.4 is 5.32 Å². The summed E-state index contributed by atoms with van der Waals surface area (Å²) in [5.41, 5.74) is -0.940. The monoisotopic (exact) mass is 240 g/mol. The van der Waals surface area contributed by atoms with Gasteiger partial charge in [0, 0.05) is 6.04 Å². The van der Waals surface area contributed by atoms with Gasteiger partial charge in [-0.05, 0) is 32.4 Å². The van der Waals surface area contributed by atoms with E-state index in [1.54, 1.807) is 6.92 Å². The number of carbonyl (C=O) groups is 1. The Morgan fingerprint density at radius 1 is 1.59 bits per heavy atom. The van der Waals surface area contributed by atoms with Crippen LogP contribution in [0.4, 0.5) is 4.39 Å². The Morgan fingerprint density at radius 3 is 2.59 bits per heavy atom. The molecule has 1 aromatic heterocycles. The number of carboxylic acid groups (broad SMARTS) is 1. The molecule has 0 bridgehead atoms. The number of hydrogen-bond acceptors (Lipinski definition) is 3. The number of pyridine rings is 1. The van der Waals surface area contributed by atoms with E-state index in [-0.39, 0.29) is 6.04 Å². The van der Waals surface area contributed by atoms with Gasteiger partial charge in [0.25, 0.3) is 0 Å². The summed E-state index contributed by atoms with van der Waals surface area (Å²) in [4.78, 5) is 15.4. The fourth-order valence-electron chi connectivity index (χ4n) is 1.80. The van der Waals surface area contributed by atoms with Crippen LogP contribution in [0.25, 0.3) is 0 Å². The lowest BCUT2D eigenvalue weighted by Gasteiger charge is -2.31. The minimum Gasteiger partial charge on any atom is -0.480 e. The molecule has 0 aliphatic carbocycles. The molecule has 94 valence electrons. The average molecular weight is 240 g/mol. The number of rotatable bonds is 5. The zero-order chi connectivity index (χ0) is 13.1. The molecule has 0 fully saturated rings. The number of hydrogen-bond donors (Lipinski definition) is 2. The first-order valence-corrected chi connectivity index (χ1v) is 5.55. The summed E-state index contributed by atoms with van der Waals surface area (Å²) in [7, 11) is 0. The highest BCUT2D eigenvalue weighted by Crippen LogP contribution is 2.24. The van der Waals surface area contributed by atoms with E-state index in [4.69, 9.17) is 0 Å². The van der Waals surface area contributed by atoms with Crippen molar-refractivity contribution in [3.05, 3.63) is 29.8 Å². The Bertz CT molecular complexity index is 392. The first-order chi connectivity index (χ1) is 7.92. The molecule has 1 heterocycles. The van der Waals surface area contributed by atoms with Gasteiger partial charge in [0.2, 0.25) is 0 Å². The van der Waals surface area contributed by atoms with Gasteiger partial charge in [0.1, 0.15) is 5.82 Å². The number of carboxylic acids is 1. The normalized spacial score (nSPS) is 14.6. The minimum absolute atomic E-state index is 0.0158. The molecule has 1 unspecified atom stereocenters. The predicted molar refractivity (Wildman–Crippen MR) is 62.1 cm³/mol. The number of aromatic nitrogens is 1. The fourth-order valence-corrected chi connectivity index (χ4v) is 1.80. The molecule has 0 aliphatic heterocycles. The maximum absolute atomic E-state index is 12.8. The molecule has 4 nitrogen and oxygen atoms in total. The van der Waals surface area contributed by atoms with Gasteiger partial charge < -0.3 is 5.11 Å². The lowest BCUT2D eigenvalue weighted by Crippen LogP contribution is -2.52. The third-order valence-corrected chi connectivity index (χ3v) is 2.60. The zero-order valence-electron chi connectivity index (χ0n) is 10.2. The summed E-state index contributed by atoms with van der Waals surface area (Å²) >= 11 is 0. The SMILES string of the molecule is CCC(NC(C)C)(C(=O)O)c1ccc(F)cn1. The molecule has 0 radical (unpaired) electrons. The maximum Gasteiger partial charge on any atom is 0.330 e. The van der Waals surface area contributed by atoms with Gasteiger partial charge in [-0.3, -0.25) is 10.3 Å². The molecular weight excluding hydrogens is 223 g/mol. The quantitative estimate of drug-likeness (QED) is 0.825. The number of nitrogens with one attached hydrogen (secondary N) is 1. The van der Waals surface area contributed by atoms with Gasteiger partial charge in [-0.25, -0.2) is 9.18 Å². The van der Waals surface area contributed by atoms with Gasteiger partial charge in [0.15, 0.2) is 5.54 Å². The second-order valence-electron chi connectivity index (χ2n) is 4.22. The molecule has 1 atom stereocenters. The van der Waals surface area contributed by atoms with Crippen LogP contribution in [-0.4, -0.2) is 22.1 Å². The summed E-state index contributed by atoms with van der Waals surface area (Å²) in [5, 5.41) is 12.4. The molecule has 0 aliphatic rings. The van der Waals surface area contributed by atoms with E-state index in [0.29, 0.717) is 12.1 Å². The van der Waals surface area contributed by atoms with Crippen LogP contribution in [0.1, 0.15) is 32.9 Å². The predicted octanol–water partition coefficient (Wildman–Crippen LogP) is 1.91. The molecule has 0 spiro atoms. The molecule has 0 saturated heterocycles. The Labute approximate surface area is 99.9 Å². The molecule has 5 heteroatoms. The van der Waals surface area contributed by atoms with Crippen molar-refractivity contribution >= 4 is 5.97 Å². The molecule has 1 aromatic rings. The molecule has 0 saturated carbocycles. The van der Waals surface area contributed by atoms with Crippen molar-refractivity contribution in [2.24, 2.45) is 0 Å². The van der Waals surface area contributed by atoms with Crippen molar-refractivity contribution in [3.8, 4) is 0 Å². The highest BCUT2D eigenvalue weighted by molar-refractivity contribution is 5.80. The second-order valence-corrected chi connectivity index (χ2v) is 4.22. The van der Waals surface area contributed by atoms with E-state index in [0.717, 1.165) is 6.20 Å². The summed E-state index contributed by atoms with van der Waals surface area (Å²) in [6.07, 6.45) is 1.36. The summed E-state index contributed by atoms with van der Waals surface area (Å²) in [6, 6.07) is 2.61. The highest BCUT2D eigenvalue weighted by atomic mass is 19.1. The first kappa shape index (κ1) is 13.6. The van der Waals surface area contributed by atoms with E-state index in [1.165, 1.54) is 12.1 Å². The van der Waals surface area contributed by atoms with Gasteiger partial charge in [-0.1, -0.05) is 6.92 Å². The average Bonchev–Trinajstić information content (AvgIpc) is 2.26. The van der Waals surface area contributed by atoms with Crippen LogP contribution in [0.2, 0.25) is 0 Å². The van der Waals surface area contributed by atoms with Crippen molar-refractivity contribution in [2.45, 2.75) is 38.8 Å². The molecule has 0 aromatic carbocycles. The van der Waals surface area contributed by atoms with E-state index in [1.807, 2.05) is 13.8 Å². The van der Waals surface area contributed by atoms with E-state index in [9.17, 15) is 14.3 Å². The Kier molecular flexibility index (Phi) is 4.17. The van der Waals surface area contributed by atoms with Gasteiger partial charge >= 0.3 is 5.97 Å². The van der Waals surface area contributed by atoms with Crippen molar-refractivity contribution in [1.29, 1.82) is 0 Å². The second kappa shape index (κ2) is 5.23. The summed E-state index contributed by atoms with van der Waals surface area (Å²) in [6.45, 7) is 5.47. The Hall–Kier alpha value is -1.49. The van der Waals surface area contributed by atoms with Crippen molar-refractivity contribution in [3.63, 3.8) is 0 Å². The number of aliphatic carboxylic acids is 1. The Balaban J connectivity index is 3.21. The molecule has 1 rings (SSSR count). The maximum atomic E-state index is 12.8. The first-order valence-electron chi connectivity index (χ1n) is 5.55. The van der Waals surface area contributed by atoms with Crippen molar-refractivity contribution in [1.82, 2.24) is 10.3 Å². The lowest BCUT2D eigenvalue weighted by atomic mass is 9.90. The molecule has 17 heavy (non-hydrogen) atoms. The van der Waals surface area contributed by atoms with Gasteiger partial charge in [0.05, 0.1) is 11.9 Å². The van der Waals surface area contributed by atoms with Crippen LogP contribution in [0.5, 0.6) is 0 Å². The molecular formula is C12H17FN2O2. The summed E-state index contributed by atoms with van der Waals surface area (Å²) < 4.78 is 12.8. The van der Waals surface area contributed by atoms with Gasteiger partial charge in [-0.15, -0.1) is 0 Å². The largest absolute Gasteiger partial charge is 0.480 e. The zero-order valence-corrected chi connectivity index (χ0v) is 10.2. The van der Waals surface area contributed by atoms with Crippen molar-refractivity contribution in [2.75, 3.05) is 0 Å². The smallest absolute Gasteiger partial charge is 0.330 e. The van der Waals surface area contributed by atoms with E-state index >= 15 is 0 Å². The summed E-state index contributed by atoms with van der Waals surface area (Å²) in [5.74, 6) is -1.48. The highest BCUT2D eigenvalue weighted by Gasteiger charge is 2.40.